The van der Waals surface area contributed by atoms with Crippen molar-refractivity contribution < 1.29 is 5.21 Å². The number of nitrogens with zero attached hydrogens (tertiary/aromatic N) is 3. The lowest BCUT2D eigenvalue weighted by Crippen LogP contribution is -2.21. The first-order valence-corrected chi connectivity index (χ1v) is 8.56. The van der Waals surface area contributed by atoms with Crippen LogP contribution in [0.4, 0.5) is 11.5 Å². The molecule has 3 N–H and O–H groups in total. The number of aromatic nitrogens is 2. The normalized spacial score (nSPS) is 11.3. The summed E-state index contributed by atoms with van der Waals surface area (Å²) in [5, 5.41) is 17.1. The Morgan fingerprint density at radius 2 is 1.96 bits per heavy atom. The van der Waals surface area contributed by atoms with Crippen LogP contribution in [0.3, 0.4) is 0 Å². The zero-order chi connectivity index (χ0) is 16.5. The van der Waals surface area contributed by atoms with Crippen molar-refractivity contribution in [3.63, 3.8) is 0 Å². The van der Waals surface area contributed by atoms with Crippen molar-refractivity contribution in [3.8, 4) is 0 Å². The number of nitrogens with one attached hydrogen (secondary N) is 2. The average Bonchev–Trinajstić information content (AvgIpc) is 2.92. The molecule has 0 aliphatic rings. The third kappa shape index (κ3) is 5.11. The van der Waals surface area contributed by atoms with Crippen LogP contribution in [0.15, 0.2) is 24.4 Å². The summed E-state index contributed by atoms with van der Waals surface area (Å²) in [5.41, 5.74) is 3.73. The molecule has 0 saturated carbocycles. The minimum atomic E-state index is 0.627. The zero-order valence-corrected chi connectivity index (χ0v) is 14.3. The van der Waals surface area contributed by atoms with Crippen molar-refractivity contribution in [2.45, 2.75) is 39.0 Å². The predicted octanol–water partition coefficient (Wildman–Crippen LogP) is 3.45. The lowest BCUT2D eigenvalue weighted by Gasteiger charge is -2.16. The first-order chi connectivity index (χ1) is 11.3. The van der Waals surface area contributed by atoms with E-state index in [-0.39, 0.29) is 0 Å². The summed E-state index contributed by atoms with van der Waals surface area (Å²) in [6, 6.07) is 5.76. The van der Waals surface area contributed by atoms with Gasteiger partial charge in [0.25, 0.3) is 0 Å². The van der Waals surface area contributed by atoms with E-state index < -0.39 is 0 Å². The Labute approximate surface area is 138 Å². The van der Waals surface area contributed by atoms with Crippen molar-refractivity contribution in [3.05, 3.63) is 24.4 Å². The molecular weight excluding hydrogens is 290 g/mol. The van der Waals surface area contributed by atoms with Crippen molar-refractivity contribution in [1.29, 1.82) is 0 Å². The molecule has 6 heteroatoms. The zero-order valence-electron chi connectivity index (χ0n) is 14.3. The van der Waals surface area contributed by atoms with Gasteiger partial charge >= 0.3 is 0 Å². The van der Waals surface area contributed by atoms with Crippen LogP contribution < -0.4 is 10.8 Å². The standard InChI is InChI=1S/C17H29N5O/c1-3-4-7-12-21(2)13-9-6-11-18-17-16(20-23)15-10-5-8-14-22(15)19-17/h5,8,10,14,20,23H,3-4,6-7,9,11-13H2,1-2H3,(H,18,19). The Hall–Kier alpha value is -1.79. The van der Waals surface area contributed by atoms with Gasteiger partial charge in [0.05, 0.1) is 5.52 Å². The second-order valence-electron chi connectivity index (χ2n) is 6.01. The van der Waals surface area contributed by atoms with Gasteiger partial charge in [-0.15, -0.1) is 5.10 Å². The average molecular weight is 319 g/mol. The fourth-order valence-electron chi connectivity index (χ4n) is 2.69. The van der Waals surface area contributed by atoms with Crippen molar-refractivity contribution in [2.75, 3.05) is 37.5 Å². The molecular formula is C17H29N5O. The molecule has 0 saturated heterocycles. The maximum absolute atomic E-state index is 9.33. The van der Waals surface area contributed by atoms with Gasteiger partial charge in [-0.3, -0.25) is 10.7 Å². The Bertz CT molecular complexity index is 583. The highest BCUT2D eigenvalue weighted by molar-refractivity contribution is 5.82. The summed E-state index contributed by atoms with van der Waals surface area (Å²) in [6.45, 7) is 5.40. The monoisotopic (exact) mass is 319 g/mol. The fraction of sp³-hybridized carbons (Fsp3) is 0.588. The Morgan fingerprint density at radius 3 is 2.70 bits per heavy atom. The van der Waals surface area contributed by atoms with Gasteiger partial charge in [0.1, 0.15) is 5.69 Å². The van der Waals surface area contributed by atoms with Crippen LogP contribution >= 0.6 is 0 Å². The number of rotatable bonds is 11. The van der Waals surface area contributed by atoms with Crippen LogP contribution in [0.1, 0.15) is 39.0 Å². The van der Waals surface area contributed by atoms with Crippen molar-refractivity contribution in [2.24, 2.45) is 0 Å². The van der Waals surface area contributed by atoms with Crippen LogP contribution in [0, 0.1) is 0 Å². The van der Waals surface area contributed by atoms with Gasteiger partial charge in [0.2, 0.25) is 0 Å². The van der Waals surface area contributed by atoms with Crippen LogP contribution in [-0.2, 0) is 0 Å². The molecule has 0 aliphatic carbocycles. The molecule has 2 aromatic rings. The lowest BCUT2D eigenvalue weighted by molar-refractivity contribution is 0.319. The summed E-state index contributed by atoms with van der Waals surface area (Å²) >= 11 is 0. The molecule has 0 unspecified atom stereocenters. The van der Waals surface area contributed by atoms with E-state index in [9.17, 15) is 5.21 Å². The summed E-state index contributed by atoms with van der Waals surface area (Å²) < 4.78 is 1.75. The smallest absolute Gasteiger partial charge is 0.174 e. The van der Waals surface area contributed by atoms with Crippen molar-refractivity contribution >= 4 is 17.0 Å². The molecule has 0 aromatic carbocycles. The number of unbranched alkanes of at least 4 members (excludes halogenated alkanes) is 3. The first kappa shape index (κ1) is 17.6. The summed E-state index contributed by atoms with van der Waals surface area (Å²) in [6.07, 6.45) is 7.99. The molecule has 0 spiro atoms. The van der Waals surface area contributed by atoms with Gasteiger partial charge in [0, 0.05) is 12.7 Å². The van der Waals surface area contributed by atoms with E-state index in [0.29, 0.717) is 11.5 Å². The number of anilines is 2. The molecule has 2 heterocycles. The molecule has 0 bridgehead atoms. The van der Waals surface area contributed by atoms with E-state index >= 15 is 0 Å². The Kier molecular flexibility index (Phi) is 7.16. The molecule has 6 nitrogen and oxygen atoms in total. The van der Waals surface area contributed by atoms with E-state index in [1.165, 1.54) is 25.8 Å². The highest BCUT2D eigenvalue weighted by Gasteiger charge is 2.10. The quantitative estimate of drug-likeness (QED) is 0.437. The van der Waals surface area contributed by atoms with Crippen LogP contribution in [0.5, 0.6) is 0 Å². The van der Waals surface area contributed by atoms with Gasteiger partial charge in [0.15, 0.2) is 5.82 Å². The fourth-order valence-corrected chi connectivity index (χ4v) is 2.69. The molecule has 0 atom stereocenters. The highest BCUT2D eigenvalue weighted by atomic mass is 16.5. The van der Waals surface area contributed by atoms with Crippen LogP contribution in [0.25, 0.3) is 5.52 Å². The van der Waals surface area contributed by atoms with Crippen LogP contribution in [0.2, 0.25) is 0 Å². The maximum Gasteiger partial charge on any atom is 0.174 e. The third-order valence-corrected chi connectivity index (χ3v) is 4.05. The molecule has 0 fully saturated rings. The number of hydrogen-bond acceptors (Lipinski definition) is 5. The first-order valence-electron chi connectivity index (χ1n) is 8.56. The predicted molar refractivity (Wildman–Crippen MR) is 95.3 cm³/mol. The summed E-state index contributed by atoms with van der Waals surface area (Å²) in [5.74, 6) is 0.690. The Morgan fingerprint density at radius 1 is 1.17 bits per heavy atom. The van der Waals surface area contributed by atoms with Gasteiger partial charge < -0.3 is 10.2 Å². The molecule has 128 valence electrons. The number of hydrogen-bond donors (Lipinski definition) is 3. The third-order valence-electron chi connectivity index (χ3n) is 4.05. The van der Waals surface area contributed by atoms with E-state index in [1.807, 2.05) is 24.4 Å². The van der Waals surface area contributed by atoms with Gasteiger partial charge in [-0.1, -0.05) is 25.8 Å². The van der Waals surface area contributed by atoms with Crippen molar-refractivity contribution in [1.82, 2.24) is 14.5 Å². The van der Waals surface area contributed by atoms with E-state index in [0.717, 1.165) is 31.4 Å². The second kappa shape index (κ2) is 9.37. The number of fused-ring (bicyclic) bond motifs is 1. The van der Waals surface area contributed by atoms with E-state index in [2.05, 4.69) is 34.8 Å². The molecule has 2 rings (SSSR count). The molecule has 2 aromatic heterocycles. The Balaban J connectivity index is 1.72. The molecule has 0 amide bonds. The molecule has 0 radical (unpaired) electrons. The number of pyridine rings is 1. The minimum absolute atomic E-state index is 0.627. The SMILES string of the molecule is CCCCCN(C)CCCCNc1nn2ccccc2c1NO. The van der Waals surface area contributed by atoms with Gasteiger partial charge in [-0.25, -0.2) is 4.52 Å². The van der Waals surface area contributed by atoms with Gasteiger partial charge in [-0.2, -0.15) is 0 Å². The second-order valence-corrected chi connectivity index (χ2v) is 6.01. The van der Waals surface area contributed by atoms with E-state index in [1.54, 1.807) is 4.52 Å². The lowest BCUT2D eigenvalue weighted by atomic mass is 10.2. The molecule has 23 heavy (non-hydrogen) atoms. The summed E-state index contributed by atoms with van der Waals surface area (Å²) in [4.78, 5) is 2.40. The molecule has 0 aliphatic heterocycles. The maximum atomic E-state index is 9.33. The highest BCUT2D eigenvalue weighted by Crippen LogP contribution is 2.25. The largest absolute Gasteiger partial charge is 0.367 e. The topological polar surface area (TPSA) is 64.8 Å². The van der Waals surface area contributed by atoms with E-state index in [4.69, 9.17) is 0 Å². The van der Waals surface area contributed by atoms with Crippen LogP contribution in [-0.4, -0.2) is 46.4 Å². The minimum Gasteiger partial charge on any atom is -0.367 e. The van der Waals surface area contributed by atoms with Gasteiger partial charge in [-0.05, 0) is 51.5 Å². The summed E-state index contributed by atoms with van der Waals surface area (Å²) in [7, 11) is 2.19.